The van der Waals surface area contributed by atoms with Gasteiger partial charge >= 0.3 is 0 Å². The van der Waals surface area contributed by atoms with E-state index in [0.29, 0.717) is 25.6 Å². The maximum absolute atomic E-state index is 11.9. The molecule has 0 saturated heterocycles. The minimum absolute atomic E-state index is 0.00452. The lowest BCUT2D eigenvalue weighted by molar-refractivity contribution is -0.122. The van der Waals surface area contributed by atoms with E-state index in [9.17, 15) is 4.79 Å². The van der Waals surface area contributed by atoms with Gasteiger partial charge in [0.05, 0.1) is 6.04 Å². The van der Waals surface area contributed by atoms with E-state index < -0.39 is 0 Å². The Morgan fingerprint density at radius 3 is 2.60 bits per heavy atom. The van der Waals surface area contributed by atoms with Crippen molar-refractivity contribution in [2.45, 2.75) is 39.7 Å². The third-order valence-corrected chi connectivity index (χ3v) is 3.39. The van der Waals surface area contributed by atoms with Crippen molar-refractivity contribution < 1.29 is 14.3 Å². The van der Waals surface area contributed by atoms with Crippen LogP contribution in [-0.4, -0.2) is 19.1 Å². The zero-order valence-corrected chi connectivity index (χ0v) is 12.4. The van der Waals surface area contributed by atoms with Crippen molar-refractivity contribution in [1.29, 1.82) is 0 Å². The molecule has 1 atom stereocenters. The zero-order chi connectivity index (χ0) is 14.5. The predicted octanol–water partition coefficient (Wildman–Crippen LogP) is 3.07. The zero-order valence-electron chi connectivity index (χ0n) is 12.4. The maximum atomic E-state index is 11.9. The fraction of sp³-hybridized carbons (Fsp3) is 0.562. The smallest absolute Gasteiger partial charge is 0.220 e. The summed E-state index contributed by atoms with van der Waals surface area (Å²) in [5.74, 6) is 1.96. The highest BCUT2D eigenvalue weighted by Gasteiger charge is 2.21. The Morgan fingerprint density at radius 1 is 1.25 bits per heavy atom. The lowest BCUT2D eigenvalue weighted by Crippen LogP contribution is -2.31. The van der Waals surface area contributed by atoms with Gasteiger partial charge in [0, 0.05) is 6.42 Å². The molecule has 0 aliphatic carbocycles. The normalized spacial score (nSPS) is 15.0. The van der Waals surface area contributed by atoms with Gasteiger partial charge in [-0.15, -0.1) is 0 Å². The summed E-state index contributed by atoms with van der Waals surface area (Å²) in [6.07, 6.45) is 1.42. The number of nitrogens with one attached hydrogen (secondary N) is 1. The second-order valence-corrected chi connectivity index (χ2v) is 5.44. The first kappa shape index (κ1) is 14.7. The average molecular weight is 277 g/mol. The quantitative estimate of drug-likeness (QED) is 0.899. The largest absolute Gasteiger partial charge is 0.486 e. The van der Waals surface area contributed by atoms with Crippen LogP contribution in [0.5, 0.6) is 11.5 Å². The van der Waals surface area contributed by atoms with Gasteiger partial charge < -0.3 is 14.8 Å². The molecule has 0 radical (unpaired) electrons. The Balaban J connectivity index is 2.18. The fourth-order valence-corrected chi connectivity index (χ4v) is 2.36. The number of hydrogen-bond acceptors (Lipinski definition) is 3. The molecule has 1 heterocycles. The highest BCUT2D eigenvalue weighted by atomic mass is 16.6. The minimum atomic E-state index is 0.00452. The second-order valence-electron chi connectivity index (χ2n) is 5.44. The molecule has 4 heteroatoms. The first-order chi connectivity index (χ1) is 9.61. The van der Waals surface area contributed by atoms with E-state index in [4.69, 9.17) is 9.47 Å². The number of rotatable bonds is 5. The van der Waals surface area contributed by atoms with Crippen LogP contribution in [-0.2, 0) is 4.79 Å². The van der Waals surface area contributed by atoms with Gasteiger partial charge in [-0.25, -0.2) is 0 Å². The third kappa shape index (κ3) is 3.44. The van der Waals surface area contributed by atoms with Gasteiger partial charge in [0.1, 0.15) is 13.2 Å². The average Bonchev–Trinajstić information content (AvgIpc) is 2.44. The molecular formula is C16H23NO3. The summed E-state index contributed by atoms with van der Waals surface area (Å²) in [6, 6.07) is 5.91. The van der Waals surface area contributed by atoms with Crippen LogP contribution in [0.15, 0.2) is 18.2 Å². The van der Waals surface area contributed by atoms with Crippen molar-refractivity contribution in [3.05, 3.63) is 23.8 Å². The van der Waals surface area contributed by atoms with Crippen LogP contribution >= 0.6 is 0 Å². The van der Waals surface area contributed by atoms with Crippen LogP contribution in [0.4, 0.5) is 0 Å². The second kappa shape index (κ2) is 6.64. The summed E-state index contributed by atoms with van der Waals surface area (Å²) >= 11 is 0. The minimum Gasteiger partial charge on any atom is -0.486 e. The van der Waals surface area contributed by atoms with Crippen LogP contribution in [0.25, 0.3) is 0 Å². The van der Waals surface area contributed by atoms with E-state index in [1.165, 1.54) is 0 Å². The van der Waals surface area contributed by atoms with Crippen molar-refractivity contribution in [2.24, 2.45) is 5.92 Å². The molecular weight excluding hydrogens is 254 g/mol. The van der Waals surface area contributed by atoms with Crippen molar-refractivity contribution in [3.8, 4) is 11.5 Å². The molecule has 0 spiro atoms. The Kier molecular flexibility index (Phi) is 4.88. The standard InChI is InChI=1S/C16H23NO3/c1-4-5-15(18)17-16(11(2)3)12-6-7-13-14(10-12)20-9-8-19-13/h6-7,10-11,16H,4-5,8-9H2,1-3H3,(H,17,18). The van der Waals surface area contributed by atoms with E-state index >= 15 is 0 Å². The van der Waals surface area contributed by atoms with Crippen LogP contribution in [0, 0.1) is 5.92 Å². The van der Waals surface area contributed by atoms with Gasteiger partial charge in [-0.1, -0.05) is 26.8 Å². The molecule has 2 rings (SSSR count). The van der Waals surface area contributed by atoms with E-state index in [2.05, 4.69) is 19.2 Å². The molecule has 1 aliphatic heterocycles. The predicted molar refractivity (Wildman–Crippen MR) is 78.1 cm³/mol. The van der Waals surface area contributed by atoms with Gasteiger partial charge in [0.2, 0.25) is 5.91 Å². The molecule has 20 heavy (non-hydrogen) atoms. The number of ether oxygens (including phenoxy) is 2. The fourth-order valence-electron chi connectivity index (χ4n) is 2.36. The molecule has 4 nitrogen and oxygen atoms in total. The van der Waals surface area contributed by atoms with Crippen molar-refractivity contribution in [1.82, 2.24) is 5.32 Å². The molecule has 1 unspecified atom stereocenters. The third-order valence-electron chi connectivity index (χ3n) is 3.39. The molecule has 1 aliphatic rings. The van der Waals surface area contributed by atoms with Gasteiger partial charge in [-0.3, -0.25) is 4.79 Å². The SMILES string of the molecule is CCCC(=O)NC(c1ccc2c(c1)OCCO2)C(C)C. The van der Waals surface area contributed by atoms with Gasteiger partial charge in [-0.05, 0) is 30.0 Å². The van der Waals surface area contributed by atoms with E-state index in [1.54, 1.807) is 0 Å². The number of carbonyl (C=O) groups excluding carboxylic acids is 1. The van der Waals surface area contributed by atoms with Crippen LogP contribution in [0.3, 0.4) is 0 Å². The Bertz CT molecular complexity index is 471. The lowest BCUT2D eigenvalue weighted by atomic mass is 9.95. The molecule has 1 aromatic rings. The van der Waals surface area contributed by atoms with Crippen LogP contribution in [0.1, 0.15) is 45.2 Å². The summed E-state index contributed by atoms with van der Waals surface area (Å²) in [6.45, 7) is 7.38. The molecule has 1 N–H and O–H groups in total. The Hall–Kier alpha value is -1.71. The van der Waals surface area contributed by atoms with E-state index in [1.807, 2.05) is 25.1 Å². The highest BCUT2D eigenvalue weighted by Crippen LogP contribution is 2.34. The van der Waals surface area contributed by atoms with E-state index in [-0.39, 0.29) is 11.9 Å². The number of amides is 1. The number of fused-ring (bicyclic) bond motifs is 1. The summed E-state index contributed by atoms with van der Waals surface area (Å²) < 4.78 is 11.1. The summed E-state index contributed by atoms with van der Waals surface area (Å²) in [7, 11) is 0. The van der Waals surface area contributed by atoms with Gasteiger partial charge in [0.15, 0.2) is 11.5 Å². The van der Waals surface area contributed by atoms with E-state index in [0.717, 1.165) is 23.5 Å². The molecule has 0 saturated carbocycles. The Morgan fingerprint density at radius 2 is 1.95 bits per heavy atom. The van der Waals surface area contributed by atoms with Crippen LogP contribution < -0.4 is 14.8 Å². The topological polar surface area (TPSA) is 47.6 Å². The molecule has 1 aromatic carbocycles. The monoisotopic (exact) mass is 277 g/mol. The highest BCUT2D eigenvalue weighted by molar-refractivity contribution is 5.76. The summed E-state index contributed by atoms with van der Waals surface area (Å²) in [4.78, 5) is 11.9. The summed E-state index contributed by atoms with van der Waals surface area (Å²) in [5, 5.41) is 3.11. The molecule has 0 fully saturated rings. The first-order valence-corrected chi connectivity index (χ1v) is 7.30. The number of carbonyl (C=O) groups is 1. The molecule has 110 valence electrons. The van der Waals surface area contributed by atoms with Gasteiger partial charge in [0.25, 0.3) is 0 Å². The number of benzene rings is 1. The lowest BCUT2D eigenvalue weighted by Gasteiger charge is -2.25. The van der Waals surface area contributed by atoms with Crippen LogP contribution in [0.2, 0.25) is 0 Å². The van der Waals surface area contributed by atoms with Crippen molar-refractivity contribution in [3.63, 3.8) is 0 Å². The maximum Gasteiger partial charge on any atom is 0.220 e. The molecule has 0 bridgehead atoms. The van der Waals surface area contributed by atoms with Crippen molar-refractivity contribution in [2.75, 3.05) is 13.2 Å². The van der Waals surface area contributed by atoms with Crippen molar-refractivity contribution >= 4 is 5.91 Å². The summed E-state index contributed by atoms with van der Waals surface area (Å²) in [5.41, 5.74) is 1.06. The molecule has 0 aromatic heterocycles. The Labute approximate surface area is 120 Å². The number of hydrogen-bond donors (Lipinski definition) is 1. The first-order valence-electron chi connectivity index (χ1n) is 7.30. The molecule has 1 amide bonds. The van der Waals surface area contributed by atoms with Gasteiger partial charge in [-0.2, -0.15) is 0 Å².